The summed E-state index contributed by atoms with van der Waals surface area (Å²) in [6.45, 7) is 6.23. The van der Waals surface area contributed by atoms with E-state index < -0.39 is 0 Å². The maximum absolute atomic E-state index is 12.5. The molecule has 0 amide bonds. The Balaban J connectivity index is 2.18. The Kier molecular flexibility index (Phi) is 3.05. The number of pyridine rings is 1. The lowest BCUT2D eigenvalue weighted by atomic mass is 10.1. The van der Waals surface area contributed by atoms with Gasteiger partial charge in [0, 0.05) is 40.9 Å². The number of hydrogen-bond acceptors (Lipinski definition) is 2. The first-order valence-electron chi connectivity index (χ1n) is 7.11. The van der Waals surface area contributed by atoms with E-state index in [1.165, 1.54) is 18.5 Å². The molecule has 3 rings (SSSR count). The topological polar surface area (TPSA) is 36.1 Å². The highest BCUT2D eigenvalue weighted by Crippen LogP contribution is 2.23. The standard InChI is InChI=1S/C16H20N2O/c1-3-13-11(2)17-15-7-6-12(10-14(15)16(13)19)18-8-4-5-9-18/h6-7,10H,3-5,8-9H2,1-2H3,(H,17,19). The quantitative estimate of drug-likeness (QED) is 0.896. The fourth-order valence-corrected chi connectivity index (χ4v) is 3.04. The Labute approximate surface area is 113 Å². The molecule has 3 heteroatoms. The van der Waals surface area contributed by atoms with E-state index >= 15 is 0 Å². The molecule has 1 aliphatic rings. The second kappa shape index (κ2) is 4.72. The Morgan fingerprint density at radius 1 is 1.26 bits per heavy atom. The minimum absolute atomic E-state index is 0.190. The third-order valence-corrected chi connectivity index (χ3v) is 4.12. The number of rotatable bonds is 2. The number of hydrogen-bond donors (Lipinski definition) is 1. The van der Waals surface area contributed by atoms with E-state index in [0.29, 0.717) is 0 Å². The maximum Gasteiger partial charge on any atom is 0.192 e. The zero-order chi connectivity index (χ0) is 13.4. The van der Waals surface area contributed by atoms with Gasteiger partial charge in [-0.1, -0.05) is 6.92 Å². The second-order valence-electron chi connectivity index (χ2n) is 5.34. The number of nitrogens with one attached hydrogen (secondary N) is 1. The first kappa shape index (κ1) is 12.3. The van der Waals surface area contributed by atoms with E-state index in [0.717, 1.165) is 41.7 Å². The van der Waals surface area contributed by atoms with Crippen molar-refractivity contribution >= 4 is 16.6 Å². The second-order valence-corrected chi connectivity index (χ2v) is 5.34. The van der Waals surface area contributed by atoms with E-state index in [9.17, 15) is 4.79 Å². The van der Waals surface area contributed by atoms with Crippen LogP contribution in [0.5, 0.6) is 0 Å². The number of aromatic nitrogens is 1. The lowest BCUT2D eigenvalue weighted by Crippen LogP contribution is -2.18. The molecule has 100 valence electrons. The van der Waals surface area contributed by atoms with Crippen molar-refractivity contribution in [1.82, 2.24) is 4.98 Å². The predicted octanol–water partition coefficient (Wildman–Crippen LogP) is 3.00. The van der Waals surface area contributed by atoms with Crippen molar-refractivity contribution in [2.24, 2.45) is 0 Å². The summed E-state index contributed by atoms with van der Waals surface area (Å²) in [7, 11) is 0. The van der Waals surface area contributed by atoms with E-state index in [2.05, 4.69) is 22.0 Å². The van der Waals surface area contributed by atoms with E-state index in [4.69, 9.17) is 0 Å². The molecule has 0 aliphatic carbocycles. The Morgan fingerprint density at radius 2 is 2.00 bits per heavy atom. The average Bonchev–Trinajstić information content (AvgIpc) is 2.93. The van der Waals surface area contributed by atoms with Crippen LogP contribution in [0.25, 0.3) is 10.9 Å². The Hall–Kier alpha value is -1.77. The summed E-state index contributed by atoms with van der Waals surface area (Å²) in [4.78, 5) is 18.2. The first-order chi connectivity index (χ1) is 9.20. The average molecular weight is 256 g/mol. The van der Waals surface area contributed by atoms with E-state index in [1.807, 2.05) is 19.9 Å². The summed E-state index contributed by atoms with van der Waals surface area (Å²) in [6, 6.07) is 6.21. The number of anilines is 1. The third kappa shape index (κ3) is 2.03. The summed E-state index contributed by atoms with van der Waals surface area (Å²) < 4.78 is 0. The number of aromatic amines is 1. The highest BCUT2D eigenvalue weighted by molar-refractivity contribution is 5.83. The molecule has 2 heterocycles. The van der Waals surface area contributed by atoms with Crippen molar-refractivity contribution in [3.05, 3.63) is 39.7 Å². The Morgan fingerprint density at radius 3 is 2.68 bits per heavy atom. The molecule has 0 unspecified atom stereocenters. The van der Waals surface area contributed by atoms with Gasteiger partial charge in [-0.15, -0.1) is 0 Å². The number of aryl methyl sites for hydroxylation is 1. The van der Waals surface area contributed by atoms with Gasteiger partial charge in [0.15, 0.2) is 5.43 Å². The lowest BCUT2D eigenvalue weighted by Gasteiger charge is -2.18. The molecule has 0 bridgehead atoms. The monoisotopic (exact) mass is 256 g/mol. The van der Waals surface area contributed by atoms with Crippen LogP contribution in [0.3, 0.4) is 0 Å². The number of fused-ring (bicyclic) bond motifs is 1. The van der Waals surface area contributed by atoms with Crippen LogP contribution in [0.4, 0.5) is 5.69 Å². The molecule has 1 fully saturated rings. The molecule has 2 aromatic rings. The van der Waals surface area contributed by atoms with E-state index in [1.54, 1.807) is 0 Å². The van der Waals surface area contributed by atoms with Gasteiger partial charge in [0.25, 0.3) is 0 Å². The zero-order valence-corrected chi connectivity index (χ0v) is 11.6. The largest absolute Gasteiger partial charge is 0.372 e. The van der Waals surface area contributed by atoms with Crippen LogP contribution in [-0.4, -0.2) is 18.1 Å². The summed E-state index contributed by atoms with van der Waals surface area (Å²) in [5.41, 5.74) is 4.22. The van der Waals surface area contributed by atoms with Gasteiger partial charge < -0.3 is 9.88 Å². The molecule has 1 N–H and O–H groups in total. The molecule has 1 saturated heterocycles. The zero-order valence-electron chi connectivity index (χ0n) is 11.6. The molecule has 0 saturated carbocycles. The van der Waals surface area contributed by atoms with Gasteiger partial charge >= 0.3 is 0 Å². The highest BCUT2D eigenvalue weighted by atomic mass is 16.1. The maximum atomic E-state index is 12.5. The molecule has 0 atom stereocenters. The van der Waals surface area contributed by atoms with Gasteiger partial charge in [-0.05, 0) is 44.4 Å². The van der Waals surface area contributed by atoms with Crippen LogP contribution < -0.4 is 10.3 Å². The van der Waals surface area contributed by atoms with Gasteiger partial charge in [0.1, 0.15) is 0 Å². The fourth-order valence-electron chi connectivity index (χ4n) is 3.04. The van der Waals surface area contributed by atoms with Crippen LogP contribution in [0.15, 0.2) is 23.0 Å². The predicted molar refractivity (Wildman–Crippen MR) is 80.1 cm³/mol. The van der Waals surface area contributed by atoms with Crippen LogP contribution in [-0.2, 0) is 6.42 Å². The van der Waals surface area contributed by atoms with Crippen LogP contribution in [0.1, 0.15) is 31.0 Å². The van der Waals surface area contributed by atoms with Crippen molar-refractivity contribution < 1.29 is 0 Å². The molecule has 0 radical (unpaired) electrons. The Bertz CT molecular complexity index is 666. The molecule has 1 aromatic heterocycles. The summed E-state index contributed by atoms with van der Waals surface area (Å²) >= 11 is 0. The van der Waals surface area contributed by atoms with Gasteiger partial charge in [0.2, 0.25) is 0 Å². The van der Waals surface area contributed by atoms with Gasteiger partial charge in [0.05, 0.1) is 0 Å². The molecular formula is C16H20N2O. The number of benzene rings is 1. The smallest absolute Gasteiger partial charge is 0.192 e. The number of nitrogens with zero attached hydrogens (tertiary/aromatic N) is 1. The normalized spacial score (nSPS) is 15.4. The minimum atomic E-state index is 0.190. The van der Waals surface area contributed by atoms with Gasteiger partial charge in [-0.25, -0.2) is 0 Å². The molecule has 19 heavy (non-hydrogen) atoms. The van der Waals surface area contributed by atoms with Crippen LogP contribution in [0.2, 0.25) is 0 Å². The third-order valence-electron chi connectivity index (χ3n) is 4.12. The van der Waals surface area contributed by atoms with Crippen LogP contribution >= 0.6 is 0 Å². The molecular weight excluding hydrogens is 236 g/mol. The molecule has 1 aromatic carbocycles. The van der Waals surface area contributed by atoms with Crippen molar-refractivity contribution in [2.45, 2.75) is 33.1 Å². The summed E-state index contributed by atoms with van der Waals surface area (Å²) in [6.07, 6.45) is 3.29. The SMILES string of the molecule is CCc1c(C)[nH]c2ccc(N3CCCC3)cc2c1=O. The van der Waals surface area contributed by atoms with Gasteiger partial charge in [-0.2, -0.15) is 0 Å². The number of H-pyrrole nitrogens is 1. The first-order valence-corrected chi connectivity index (χ1v) is 7.11. The van der Waals surface area contributed by atoms with E-state index in [-0.39, 0.29) is 5.43 Å². The summed E-state index contributed by atoms with van der Waals surface area (Å²) in [5, 5.41) is 0.826. The van der Waals surface area contributed by atoms with Crippen molar-refractivity contribution in [1.29, 1.82) is 0 Å². The van der Waals surface area contributed by atoms with Crippen molar-refractivity contribution in [3.8, 4) is 0 Å². The molecule has 3 nitrogen and oxygen atoms in total. The van der Waals surface area contributed by atoms with Gasteiger partial charge in [-0.3, -0.25) is 4.79 Å². The van der Waals surface area contributed by atoms with Crippen molar-refractivity contribution in [3.63, 3.8) is 0 Å². The van der Waals surface area contributed by atoms with Crippen LogP contribution in [0, 0.1) is 6.92 Å². The van der Waals surface area contributed by atoms with Crippen molar-refractivity contribution in [2.75, 3.05) is 18.0 Å². The lowest BCUT2D eigenvalue weighted by molar-refractivity contribution is 0.949. The molecule has 0 spiro atoms. The molecule has 1 aliphatic heterocycles. The fraction of sp³-hybridized carbons (Fsp3) is 0.438. The highest BCUT2D eigenvalue weighted by Gasteiger charge is 2.14. The summed E-state index contributed by atoms with van der Waals surface area (Å²) in [5.74, 6) is 0. The minimum Gasteiger partial charge on any atom is -0.372 e.